The fourth-order valence-electron chi connectivity index (χ4n) is 3.33. The van der Waals surface area contributed by atoms with E-state index in [1.165, 1.54) is 0 Å². The van der Waals surface area contributed by atoms with Gasteiger partial charge in [0.2, 0.25) is 10.0 Å². The summed E-state index contributed by atoms with van der Waals surface area (Å²) in [6, 6.07) is 9.70. The Kier molecular flexibility index (Phi) is 7.40. The molecule has 0 amide bonds. The molecule has 0 unspecified atom stereocenters. The van der Waals surface area contributed by atoms with Gasteiger partial charge in [0.05, 0.1) is 18.8 Å². The van der Waals surface area contributed by atoms with E-state index >= 15 is 0 Å². The Labute approximate surface area is 149 Å². The standard InChI is InChI=1S/C18H27NO5S/c20-17(21)14-18(10-5-2-6-11-18)19-25(22,23)13-7-12-24-15-16-8-3-1-4-9-16/h1,3-4,8-9,19H,2,5-7,10-15H2,(H,20,21). The first-order valence-electron chi connectivity index (χ1n) is 8.76. The van der Waals surface area contributed by atoms with E-state index in [-0.39, 0.29) is 12.2 Å². The zero-order valence-electron chi connectivity index (χ0n) is 14.4. The molecule has 0 aliphatic heterocycles. The second-order valence-corrected chi connectivity index (χ2v) is 8.57. The minimum absolute atomic E-state index is 0.0524. The summed E-state index contributed by atoms with van der Waals surface area (Å²) in [6.07, 6.45) is 4.14. The maximum Gasteiger partial charge on any atom is 0.305 e. The molecule has 1 fully saturated rings. The normalized spacial score (nSPS) is 17.3. The fraction of sp³-hybridized carbons (Fsp3) is 0.611. The van der Waals surface area contributed by atoms with Crippen molar-refractivity contribution in [1.29, 1.82) is 0 Å². The molecule has 1 saturated carbocycles. The smallest absolute Gasteiger partial charge is 0.305 e. The summed E-state index contributed by atoms with van der Waals surface area (Å²) in [6.45, 7) is 0.805. The fourth-order valence-corrected chi connectivity index (χ4v) is 4.87. The molecular formula is C18H27NO5S. The van der Waals surface area contributed by atoms with Gasteiger partial charge in [-0.1, -0.05) is 49.6 Å². The van der Waals surface area contributed by atoms with E-state index in [1.807, 2.05) is 30.3 Å². The molecule has 1 aromatic rings. The van der Waals surface area contributed by atoms with Crippen LogP contribution < -0.4 is 4.72 Å². The number of hydrogen-bond donors (Lipinski definition) is 2. The van der Waals surface area contributed by atoms with Crippen molar-refractivity contribution in [1.82, 2.24) is 4.72 Å². The topological polar surface area (TPSA) is 92.7 Å². The summed E-state index contributed by atoms with van der Waals surface area (Å²) >= 11 is 0. The molecule has 140 valence electrons. The summed E-state index contributed by atoms with van der Waals surface area (Å²) in [5, 5.41) is 9.13. The number of carbonyl (C=O) groups is 1. The summed E-state index contributed by atoms with van der Waals surface area (Å²) in [5.74, 6) is -1.01. The summed E-state index contributed by atoms with van der Waals surface area (Å²) in [5.41, 5.74) is 0.222. The number of carboxylic acid groups (broad SMARTS) is 1. The number of carboxylic acids is 1. The van der Waals surface area contributed by atoms with Crippen LogP contribution in [0.15, 0.2) is 30.3 Å². The molecule has 1 aliphatic carbocycles. The van der Waals surface area contributed by atoms with Crippen LogP contribution in [-0.2, 0) is 26.2 Å². The van der Waals surface area contributed by atoms with Gasteiger partial charge in [-0.05, 0) is 24.8 Å². The Morgan fingerprint density at radius 3 is 2.48 bits per heavy atom. The average molecular weight is 369 g/mol. The Balaban J connectivity index is 1.78. The van der Waals surface area contributed by atoms with Crippen molar-refractivity contribution in [3.63, 3.8) is 0 Å². The van der Waals surface area contributed by atoms with E-state index < -0.39 is 21.5 Å². The highest BCUT2D eigenvalue weighted by atomic mass is 32.2. The van der Waals surface area contributed by atoms with Crippen LogP contribution in [0.1, 0.15) is 50.5 Å². The third kappa shape index (κ3) is 7.13. The third-order valence-electron chi connectivity index (χ3n) is 4.49. The molecule has 1 aromatic carbocycles. The van der Waals surface area contributed by atoms with E-state index in [0.717, 1.165) is 24.8 Å². The molecule has 0 saturated heterocycles. The third-order valence-corrected chi connectivity index (χ3v) is 6.06. The molecule has 0 heterocycles. The van der Waals surface area contributed by atoms with Gasteiger partial charge in [-0.2, -0.15) is 0 Å². The van der Waals surface area contributed by atoms with E-state index in [0.29, 0.717) is 32.5 Å². The van der Waals surface area contributed by atoms with Gasteiger partial charge in [0.25, 0.3) is 0 Å². The van der Waals surface area contributed by atoms with Crippen LogP contribution in [0.25, 0.3) is 0 Å². The first kappa shape index (κ1) is 19.9. The van der Waals surface area contributed by atoms with E-state index in [9.17, 15) is 13.2 Å². The van der Waals surface area contributed by atoms with Gasteiger partial charge in [-0.3, -0.25) is 4.79 Å². The van der Waals surface area contributed by atoms with Crippen LogP contribution in [-0.4, -0.2) is 37.4 Å². The first-order valence-corrected chi connectivity index (χ1v) is 10.4. The van der Waals surface area contributed by atoms with Gasteiger partial charge in [0, 0.05) is 12.1 Å². The Morgan fingerprint density at radius 2 is 1.84 bits per heavy atom. The molecule has 0 aromatic heterocycles. The lowest BCUT2D eigenvalue weighted by atomic mass is 9.80. The molecule has 0 bridgehead atoms. The van der Waals surface area contributed by atoms with Crippen LogP contribution in [0.2, 0.25) is 0 Å². The molecule has 25 heavy (non-hydrogen) atoms. The maximum absolute atomic E-state index is 12.4. The lowest BCUT2D eigenvalue weighted by molar-refractivity contribution is -0.138. The van der Waals surface area contributed by atoms with E-state index in [4.69, 9.17) is 9.84 Å². The van der Waals surface area contributed by atoms with Crippen molar-refractivity contribution < 1.29 is 23.1 Å². The highest BCUT2D eigenvalue weighted by Gasteiger charge is 2.37. The predicted octanol–water partition coefficient (Wildman–Crippen LogP) is 2.69. The van der Waals surface area contributed by atoms with Gasteiger partial charge in [-0.15, -0.1) is 0 Å². The molecule has 7 heteroatoms. The molecule has 1 aliphatic rings. The van der Waals surface area contributed by atoms with Gasteiger partial charge in [0.15, 0.2) is 0 Å². The first-order chi connectivity index (χ1) is 11.9. The van der Waals surface area contributed by atoms with Gasteiger partial charge in [0.1, 0.15) is 0 Å². The average Bonchev–Trinajstić information content (AvgIpc) is 2.55. The lowest BCUT2D eigenvalue weighted by Gasteiger charge is -2.36. The van der Waals surface area contributed by atoms with Gasteiger partial charge >= 0.3 is 5.97 Å². The molecular weight excluding hydrogens is 342 g/mol. The number of aliphatic carboxylic acids is 1. The van der Waals surface area contributed by atoms with E-state index in [1.54, 1.807) is 0 Å². The van der Waals surface area contributed by atoms with Crippen molar-refractivity contribution in [2.24, 2.45) is 0 Å². The van der Waals surface area contributed by atoms with Crippen LogP contribution in [0, 0.1) is 0 Å². The van der Waals surface area contributed by atoms with Crippen LogP contribution in [0.5, 0.6) is 0 Å². The largest absolute Gasteiger partial charge is 0.481 e. The predicted molar refractivity (Wildman–Crippen MR) is 95.7 cm³/mol. The van der Waals surface area contributed by atoms with Crippen molar-refractivity contribution in [3.8, 4) is 0 Å². The zero-order valence-corrected chi connectivity index (χ0v) is 15.3. The van der Waals surface area contributed by atoms with Crippen molar-refractivity contribution in [3.05, 3.63) is 35.9 Å². The highest BCUT2D eigenvalue weighted by molar-refractivity contribution is 7.89. The van der Waals surface area contributed by atoms with Crippen molar-refractivity contribution in [2.75, 3.05) is 12.4 Å². The van der Waals surface area contributed by atoms with Crippen LogP contribution in [0.3, 0.4) is 0 Å². The highest BCUT2D eigenvalue weighted by Crippen LogP contribution is 2.32. The Hall–Kier alpha value is -1.44. The molecule has 0 spiro atoms. The number of ether oxygens (including phenoxy) is 1. The van der Waals surface area contributed by atoms with Gasteiger partial charge in [-0.25, -0.2) is 13.1 Å². The molecule has 2 N–H and O–H groups in total. The van der Waals surface area contributed by atoms with E-state index in [2.05, 4.69) is 4.72 Å². The molecule has 2 rings (SSSR count). The lowest BCUT2D eigenvalue weighted by Crippen LogP contribution is -2.51. The quantitative estimate of drug-likeness (QED) is 0.619. The monoisotopic (exact) mass is 369 g/mol. The Morgan fingerprint density at radius 1 is 1.16 bits per heavy atom. The minimum atomic E-state index is -3.52. The summed E-state index contributed by atoms with van der Waals surface area (Å²) in [4.78, 5) is 11.1. The van der Waals surface area contributed by atoms with Crippen molar-refractivity contribution in [2.45, 2.75) is 57.1 Å². The molecule has 0 atom stereocenters. The second kappa shape index (κ2) is 9.31. The van der Waals surface area contributed by atoms with Crippen LogP contribution >= 0.6 is 0 Å². The summed E-state index contributed by atoms with van der Waals surface area (Å²) < 4.78 is 32.9. The molecule has 6 nitrogen and oxygen atoms in total. The zero-order chi connectivity index (χ0) is 18.2. The number of benzene rings is 1. The molecule has 0 radical (unpaired) electrons. The minimum Gasteiger partial charge on any atom is -0.481 e. The van der Waals surface area contributed by atoms with Crippen LogP contribution in [0.4, 0.5) is 0 Å². The summed E-state index contributed by atoms with van der Waals surface area (Å²) in [7, 11) is -3.52. The number of hydrogen-bond acceptors (Lipinski definition) is 4. The van der Waals surface area contributed by atoms with Crippen molar-refractivity contribution >= 4 is 16.0 Å². The number of rotatable bonds is 10. The Bertz CT molecular complexity index is 639. The number of nitrogens with one attached hydrogen (secondary N) is 1. The maximum atomic E-state index is 12.4. The number of sulfonamides is 1. The van der Waals surface area contributed by atoms with Gasteiger partial charge < -0.3 is 9.84 Å². The SMILES string of the molecule is O=C(O)CC1(NS(=O)(=O)CCCOCc2ccccc2)CCCCC1. The second-order valence-electron chi connectivity index (χ2n) is 6.72.